The van der Waals surface area contributed by atoms with Gasteiger partial charge in [-0.15, -0.1) is 0 Å². The van der Waals surface area contributed by atoms with Crippen molar-refractivity contribution in [2.24, 2.45) is 0 Å². The molecule has 3 heterocycles. The van der Waals surface area contributed by atoms with Gasteiger partial charge in [0.25, 0.3) is 0 Å². The lowest BCUT2D eigenvalue weighted by atomic mass is 10.0. The minimum atomic E-state index is 0.0735. The van der Waals surface area contributed by atoms with Crippen LogP contribution in [0.2, 0.25) is 0 Å². The van der Waals surface area contributed by atoms with Gasteiger partial charge in [-0.2, -0.15) is 4.98 Å². The molecule has 7 heteroatoms. The normalized spacial score (nSPS) is 10.2. The Morgan fingerprint density at radius 2 is 1.96 bits per heavy atom. The standard InChI is InChI=1S/C16H14N6O/c1-9-13(10(2)23-22-9)14-12(15(17)21-16(18)20-14)6-5-11-4-3-7-19-8-11/h3-4,7-8H,1-2H3,(H4,17,18,20,21). The Bertz CT molecular complexity index is 901. The van der Waals surface area contributed by atoms with Crippen LogP contribution in [-0.4, -0.2) is 20.1 Å². The quantitative estimate of drug-likeness (QED) is 0.657. The van der Waals surface area contributed by atoms with Crippen LogP contribution >= 0.6 is 0 Å². The molecule has 7 nitrogen and oxygen atoms in total. The first-order valence-electron chi connectivity index (χ1n) is 6.84. The molecule has 0 atom stereocenters. The molecule has 23 heavy (non-hydrogen) atoms. The van der Waals surface area contributed by atoms with Crippen molar-refractivity contribution in [3.63, 3.8) is 0 Å². The lowest BCUT2D eigenvalue weighted by Gasteiger charge is -2.06. The highest BCUT2D eigenvalue weighted by Gasteiger charge is 2.19. The molecule has 0 fully saturated rings. The van der Waals surface area contributed by atoms with E-state index in [0.717, 1.165) is 11.1 Å². The Morgan fingerprint density at radius 3 is 2.61 bits per heavy atom. The van der Waals surface area contributed by atoms with Gasteiger partial charge in [0.15, 0.2) is 0 Å². The molecule has 0 radical (unpaired) electrons. The monoisotopic (exact) mass is 306 g/mol. The highest BCUT2D eigenvalue weighted by atomic mass is 16.5. The number of nitrogens with two attached hydrogens (primary N) is 2. The summed E-state index contributed by atoms with van der Waals surface area (Å²) in [5.41, 5.74) is 14.9. The van der Waals surface area contributed by atoms with Crippen LogP contribution in [-0.2, 0) is 0 Å². The van der Waals surface area contributed by atoms with Crippen molar-refractivity contribution >= 4 is 11.8 Å². The molecule has 3 rings (SSSR count). The van der Waals surface area contributed by atoms with Crippen molar-refractivity contribution in [2.45, 2.75) is 13.8 Å². The van der Waals surface area contributed by atoms with Crippen LogP contribution in [0.5, 0.6) is 0 Å². The van der Waals surface area contributed by atoms with Crippen molar-refractivity contribution in [1.82, 2.24) is 20.1 Å². The zero-order valence-corrected chi connectivity index (χ0v) is 12.7. The second-order valence-corrected chi connectivity index (χ2v) is 4.88. The van der Waals surface area contributed by atoms with E-state index in [-0.39, 0.29) is 11.8 Å². The number of nitrogens with zero attached hydrogens (tertiary/aromatic N) is 4. The van der Waals surface area contributed by atoms with Crippen molar-refractivity contribution < 1.29 is 4.52 Å². The number of hydrogen-bond acceptors (Lipinski definition) is 7. The maximum absolute atomic E-state index is 5.99. The minimum Gasteiger partial charge on any atom is -0.382 e. The molecule has 0 aromatic carbocycles. The van der Waals surface area contributed by atoms with Gasteiger partial charge in [-0.05, 0) is 26.0 Å². The molecule has 0 amide bonds. The predicted octanol–water partition coefficient (Wildman–Crippen LogP) is 1.71. The van der Waals surface area contributed by atoms with Crippen LogP contribution in [0.4, 0.5) is 11.8 Å². The van der Waals surface area contributed by atoms with E-state index < -0.39 is 0 Å². The van der Waals surface area contributed by atoms with Gasteiger partial charge in [-0.1, -0.05) is 17.0 Å². The molecule has 3 aromatic rings. The topological polar surface area (TPSA) is 117 Å². The molecule has 0 saturated carbocycles. The van der Waals surface area contributed by atoms with E-state index in [1.54, 1.807) is 19.3 Å². The van der Waals surface area contributed by atoms with E-state index in [1.165, 1.54) is 0 Å². The molecule has 0 saturated heterocycles. The van der Waals surface area contributed by atoms with Gasteiger partial charge in [0.2, 0.25) is 5.95 Å². The number of aryl methyl sites for hydroxylation is 2. The fourth-order valence-corrected chi connectivity index (χ4v) is 2.19. The van der Waals surface area contributed by atoms with Crippen LogP contribution < -0.4 is 11.5 Å². The summed E-state index contributed by atoms with van der Waals surface area (Å²) in [6.45, 7) is 3.61. The zero-order valence-electron chi connectivity index (χ0n) is 12.7. The average molecular weight is 306 g/mol. The molecular formula is C16H14N6O. The molecule has 0 aliphatic carbocycles. The lowest BCUT2D eigenvalue weighted by Crippen LogP contribution is -2.05. The predicted molar refractivity (Wildman–Crippen MR) is 86.0 cm³/mol. The molecule has 0 aliphatic rings. The molecule has 0 aliphatic heterocycles. The summed E-state index contributed by atoms with van der Waals surface area (Å²) in [5, 5.41) is 3.94. The van der Waals surface area contributed by atoms with Crippen molar-refractivity contribution in [3.8, 4) is 23.1 Å². The lowest BCUT2D eigenvalue weighted by molar-refractivity contribution is 0.393. The number of aromatic nitrogens is 4. The van der Waals surface area contributed by atoms with Crippen molar-refractivity contribution in [2.75, 3.05) is 11.5 Å². The van der Waals surface area contributed by atoms with Crippen LogP contribution in [0.3, 0.4) is 0 Å². The summed E-state index contributed by atoms with van der Waals surface area (Å²) in [4.78, 5) is 12.3. The van der Waals surface area contributed by atoms with Gasteiger partial charge in [0.05, 0.1) is 22.5 Å². The van der Waals surface area contributed by atoms with Gasteiger partial charge in [-0.3, -0.25) is 4.98 Å². The van der Waals surface area contributed by atoms with Crippen LogP contribution in [0, 0.1) is 25.7 Å². The molecule has 0 bridgehead atoms. The SMILES string of the molecule is Cc1noc(C)c1-c1nc(N)nc(N)c1C#Cc1cccnc1. The highest BCUT2D eigenvalue weighted by Crippen LogP contribution is 2.30. The number of hydrogen-bond donors (Lipinski definition) is 2. The Labute approximate surface area is 132 Å². The van der Waals surface area contributed by atoms with E-state index in [9.17, 15) is 0 Å². The van der Waals surface area contributed by atoms with Crippen LogP contribution in [0.25, 0.3) is 11.3 Å². The average Bonchev–Trinajstić information content (AvgIpc) is 2.85. The summed E-state index contributed by atoms with van der Waals surface area (Å²) in [5.74, 6) is 6.90. The number of pyridine rings is 1. The summed E-state index contributed by atoms with van der Waals surface area (Å²) in [6.07, 6.45) is 3.35. The number of rotatable bonds is 1. The first kappa shape index (κ1) is 14.5. The fourth-order valence-electron chi connectivity index (χ4n) is 2.19. The van der Waals surface area contributed by atoms with E-state index in [1.807, 2.05) is 19.1 Å². The smallest absolute Gasteiger partial charge is 0.222 e. The van der Waals surface area contributed by atoms with Gasteiger partial charge < -0.3 is 16.0 Å². The Kier molecular flexibility index (Phi) is 3.65. The summed E-state index contributed by atoms with van der Waals surface area (Å²) in [7, 11) is 0. The Balaban J connectivity index is 2.20. The fraction of sp³-hybridized carbons (Fsp3) is 0.125. The van der Waals surface area contributed by atoms with Crippen LogP contribution in [0.15, 0.2) is 29.0 Å². The minimum absolute atomic E-state index is 0.0735. The van der Waals surface area contributed by atoms with E-state index in [4.69, 9.17) is 16.0 Å². The van der Waals surface area contributed by atoms with E-state index in [2.05, 4.69) is 31.9 Å². The first-order chi connectivity index (χ1) is 11.1. The van der Waals surface area contributed by atoms with E-state index in [0.29, 0.717) is 22.7 Å². The first-order valence-corrected chi connectivity index (χ1v) is 6.84. The van der Waals surface area contributed by atoms with Gasteiger partial charge in [-0.25, -0.2) is 4.98 Å². The molecule has 3 aromatic heterocycles. The zero-order chi connectivity index (χ0) is 16.4. The molecule has 0 spiro atoms. The molecule has 4 N–H and O–H groups in total. The summed E-state index contributed by atoms with van der Waals surface area (Å²) < 4.78 is 5.20. The molecule has 114 valence electrons. The summed E-state index contributed by atoms with van der Waals surface area (Å²) in [6, 6.07) is 3.66. The molecule has 0 unspecified atom stereocenters. The third kappa shape index (κ3) is 2.82. The molecular weight excluding hydrogens is 292 g/mol. The second-order valence-electron chi connectivity index (χ2n) is 4.88. The number of anilines is 2. The maximum atomic E-state index is 5.99. The summed E-state index contributed by atoms with van der Waals surface area (Å²) >= 11 is 0. The Morgan fingerprint density at radius 1 is 1.13 bits per heavy atom. The van der Waals surface area contributed by atoms with E-state index >= 15 is 0 Å². The second kappa shape index (κ2) is 5.77. The number of nitrogen functional groups attached to an aromatic ring is 2. The highest BCUT2D eigenvalue weighted by molar-refractivity contribution is 5.76. The van der Waals surface area contributed by atoms with Gasteiger partial charge in [0.1, 0.15) is 11.6 Å². The van der Waals surface area contributed by atoms with Crippen LogP contribution in [0.1, 0.15) is 22.6 Å². The van der Waals surface area contributed by atoms with Gasteiger partial charge >= 0.3 is 0 Å². The third-order valence-electron chi connectivity index (χ3n) is 3.22. The van der Waals surface area contributed by atoms with Gasteiger partial charge in [0, 0.05) is 18.0 Å². The van der Waals surface area contributed by atoms with Crippen molar-refractivity contribution in [3.05, 3.63) is 47.1 Å². The van der Waals surface area contributed by atoms with Crippen molar-refractivity contribution in [1.29, 1.82) is 0 Å². The Hall–Kier alpha value is -3.40. The maximum Gasteiger partial charge on any atom is 0.222 e. The third-order valence-corrected chi connectivity index (χ3v) is 3.22. The largest absolute Gasteiger partial charge is 0.382 e.